The van der Waals surface area contributed by atoms with Crippen molar-refractivity contribution in [3.05, 3.63) is 48.0 Å². The van der Waals surface area contributed by atoms with Crippen LogP contribution in [0.5, 0.6) is 0 Å². The third kappa shape index (κ3) is 2.72. The first-order valence-electron chi connectivity index (χ1n) is 7.70. The summed E-state index contributed by atoms with van der Waals surface area (Å²) >= 11 is 0. The van der Waals surface area contributed by atoms with Gasteiger partial charge in [0.1, 0.15) is 0 Å². The molecule has 0 saturated carbocycles. The van der Waals surface area contributed by atoms with Gasteiger partial charge in [-0.1, -0.05) is 49.4 Å². The molecular weight excluding hydrogens is 244 g/mol. The fourth-order valence-electron chi connectivity index (χ4n) is 3.30. The van der Waals surface area contributed by atoms with Gasteiger partial charge in [0.05, 0.1) is 0 Å². The van der Waals surface area contributed by atoms with E-state index >= 15 is 0 Å². The second-order valence-corrected chi connectivity index (χ2v) is 6.03. The van der Waals surface area contributed by atoms with Crippen LogP contribution in [-0.4, -0.2) is 19.1 Å². The van der Waals surface area contributed by atoms with Crippen molar-refractivity contribution in [2.45, 2.75) is 32.4 Å². The van der Waals surface area contributed by atoms with Gasteiger partial charge in [0, 0.05) is 12.1 Å². The van der Waals surface area contributed by atoms with Crippen molar-refractivity contribution in [1.82, 2.24) is 10.6 Å². The number of hydrogen-bond acceptors (Lipinski definition) is 2. The van der Waals surface area contributed by atoms with E-state index in [2.05, 4.69) is 66.9 Å². The van der Waals surface area contributed by atoms with Crippen LogP contribution < -0.4 is 10.6 Å². The molecule has 1 saturated heterocycles. The van der Waals surface area contributed by atoms with Crippen molar-refractivity contribution in [3.8, 4) is 0 Å². The van der Waals surface area contributed by atoms with Crippen molar-refractivity contribution in [3.63, 3.8) is 0 Å². The van der Waals surface area contributed by atoms with Crippen LogP contribution in [0.1, 0.15) is 31.9 Å². The van der Waals surface area contributed by atoms with Gasteiger partial charge in [-0.05, 0) is 48.7 Å². The minimum absolute atomic E-state index is 0.395. The lowest BCUT2D eigenvalue weighted by atomic mass is 9.92. The summed E-state index contributed by atoms with van der Waals surface area (Å²) in [5.74, 6) is 0.696. The molecular formula is C18H24N2. The molecule has 20 heavy (non-hydrogen) atoms. The zero-order valence-electron chi connectivity index (χ0n) is 12.4. The largest absolute Gasteiger partial charge is 0.316 e. The highest BCUT2D eigenvalue weighted by atomic mass is 15.0. The van der Waals surface area contributed by atoms with Gasteiger partial charge in [-0.15, -0.1) is 0 Å². The third-order valence-corrected chi connectivity index (χ3v) is 4.54. The minimum Gasteiger partial charge on any atom is -0.316 e. The standard InChI is InChI=1S/C18H24N2/c1-13-12-19-11-10-18(13)20-14(2)16-9-5-7-15-6-3-4-8-17(15)16/h3-9,13-14,18-20H,10-12H2,1-2H3. The van der Waals surface area contributed by atoms with E-state index in [0.29, 0.717) is 18.0 Å². The molecule has 1 heterocycles. The Labute approximate surface area is 121 Å². The molecule has 106 valence electrons. The molecule has 0 amide bonds. The van der Waals surface area contributed by atoms with Crippen molar-refractivity contribution in [2.24, 2.45) is 5.92 Å². The molecule has 0 spiro atoms. The quantitative estimate of drug-likeness (QED) is 0.890. The molecule has 1 fully saturated rings. The number of fused-ring (bicyclic) bond motifs is 1. The second-order valence-electron chi connectivity index (χ2n) is 6.03. The van der Waals surface area contributed by atoms with Gasteiger partial charge in [0.25, 0.3) is 0 Å². The Bertz CT molecular complexity index is 573. The first kappa shape index (κ1) is 13.6. The number of piperidine rings is 1. The fraction of sp³-hybridized carbons (Fsp3) is 0.444. The van der Waals surface area contributed by atoms with E-state index in [1.54, 1.807) is 0 Å². The maximum absolute atomic E-state index is 3.84. The summed E-state index contributed by atoms with van der Waals surface area (Å²) in [6.45, 7) is 6.88. The predicted molar refractivity (Wildman–Crippen MR) is 85.9 cm³/mol. The van der Waals surface area contributed by atoms with Gasteiger partial charge in [-0.25, -0.2) is 0 Å². The SMILES string of the molecule is CC(NC1CCNCC1C)c1cccc2ccccc12. The summed E-state index contributed by atoms with van der Waals surface area (Å²) < 4.78 is 0. The highest BCUT2D eigenvalue weighted by molar-refractivity contribution is 5.86. The van der Waals surface area contributed by atoms with Crippen molar-refractivity contribution in [2.75, 3.05) is 13.1 Å². The highest BCUT2D eigenvalue weighted by Gasteiger charge is 2.23. The van der Waals surface area contributed by atoms with Crippen LogP contribution in [0.25, 0.3) is 10.8 Å². The Balaban J connectivity index is 1.83. The molecule has 3 rings (SSSR count). The third-order valence-electron chi connectivity index (χ3n) is 4.54. The van der Waals surface area contributed by atoms with E-state index in [9.17, 15) is 0 Å². The lowest BCUT2D eigenvalue weighted by Crippen LogP contribution is -2.47. The molecule has 0 radical (unpaired) electrons. The lowest BCUT2D eigenvalue weighted by molar-refractivity contribution is 0.278. The van der Waals surface area contributed by atoms with Gasteiger partial charge in [0.2, 0.25) is 0 Å². The van der Waals surface area contributed by atoms with Gasteiger partial charge >= 0.3 is 0 Å². The minimum atomic E-state index is 0.395. The summed E-state index contributed by atoms with van der Waals surface area (Å²) in [6, 6.07) is 16.3. The normalized spacial score (nSPS) is 24.7. The van der Waals surface area contributed by atoms with Crippen LogP contribution in [0.2, 0.25) is 0 Å². The summed E-state index contributed by atoms with van der Waals surface area (Å²) in [5, 5.41) is 10.0. The van der Waals surface area contributed by atoms with E-state index < -0.39 is 0 Å². The van der Waals surface area contributed by atoms with E-state index in [1.807, 2.05) is 0 Å². The summed E-state index contributed by atoms with van der Waals surface area (Å²) in [5.41, 5.74) is 1.41. The van der Waals surface area contributed by atoms with E-state index in [0.717, 1.165) is 13.1 Å². The summed E-state index contributed by atoms with van der Waals surface area (Å²) in [6.07, 6.45) is 1.22. The predicted octanol–water partition coefficient (Wildman–Crippen LogP) is 3.49. The Morgan fingerprint density at radius 1 is 1.15 bits per heavy atom. The van der Waals surface area contributed by atoms with Crippen LogP contribution in [0, 0.1) is 5.92 Å². The van der Waals surface area contributed by atoms with Gasteiger partial charge in [-0.2, -0.15) is 0 Å². The van der Waals surface area contributed by atoms with Crippen molar-refractivity contribution >= 4 is 10.8 Å². The van der Waals surface area contributed by atoms with Gasteiger partial charge in [-0.3, -0.25) is 0 Å². The van der Waals surface area contributed by atoms with Crippen LogP contribution in [0.3, 0.4) is 0 Å². The molecule has 2 heteroatoms. The fourth-order valence-corrected chi connectivity index (χ4v) is 3.30. The van der Waals surface area contributed by atoms with Crippen molar-refractivity contribution in [1.29, 1.82) is 0 Å². The average Bonchev–Trinajstić information content (AvgIpc) is 2.49. The van der Waals surface area contributed by atoms with Crippen LogP contribution in [0.4, 0.5) is 0 Å². The van der Waals surface area contributed by atoms with Crippen LogP contribution >= 0.6 is 0 Å². The van der Waals surface area contributed by atoms with Crippen molar-refractivity contribution < 1.29 is 0 Å². The molecule has 2 aromatic rings. The Morgan fingerprint density at radius 2 is 1.95 bits per heavy atom. The van der Waals surface area contributed by atoms with E-state index in [1.165, 1.54) is 22.8 Å². The molecule has 0 aromatic heterocycles. The molecule has 1 aliphatic rings. The zero-order valence-corrected chi connectivity index (χ0v) is 12.4. The monoisotopic (exact) mass is 268 g/mol. The number of nitrogens with one attached hydrogen (secondary N) is 2. The number of hydrogen-bond donors (Lipinski definition) is 2. The average molecular weight is 268 g/mol. The van der Waals surface area contributed by atoms with Crippen LogP contribution in [-0.2, 0) is 0 Å². The van der Waals surface area contributed by atoms with E-state index in [-0.39, 0.29) is 0 Å². The highest BCUT2D eigenvalue weighted by Crippen LogP contribution is 2.25. The number of rotatable bonds is 3. The summed E-state index contributed by atoms with van der Waals surface area (Å²) in [7, 11) is 0. The molecule has 3 unspecified atom stereocenters. The first-order valence-corrected chi connectivity index (χ1v) is 7.70. The molecule has 3 atom stereocenters. The second kappa shape index (κ2) is 5.94. The maximum Gasteiger partial charge on any atom is 0.0300 e. The molecule has 1 aliphatic heterocycles. The van der Waals surface area contributed by atoms with E-state index in [4.69, 9.17) is 0 Å². The van der Waals surface area contributed by atoms with Gasteiger partial charge < -0.3 is 10.6 Å². The molecule has 2 N–H and O–H groups in total. The Kier molecular flexibility index (Phi) is 4.04. The summed E-state index contributed by atoms with van der Waals surface area (Å²) in [4.78, 5) is 0. The Morgan fingerprint density at radius 3 is 2.80 bits per heavy atom. The van der Waals surface area contributed by atoms with Crippen LogP contribution in [0.15, 0.2) is 42.5 Å². The molecule has 0 aliphatic carbocycles. The zero-order chi connectivity index (χ0) is 13.9. The molecule has 2 nitrogen and oxygen atoms in total. The molecule has 2 aromatic carbocycles. The van der Waals surface area contributed by atoms with Gasteiger partial charge in [0.15, 0.2) is 0 Å². The number of benzene rings is 2. The molecule has 0 bridgehead atoms. The smallest absolute Gasteiger partial charge is 0.0300 e. The topological polar surface area (TPSA) is 24.1 Å². The maximum atomic E-state index is 3.84. The lowest BCUT2D eigenvalue weighted by Gasteiger charge is -2.33. The first-order chi connectivity index (χ1) is 9.75. The Hall–Kier alpha value is -1.38.